The molecule has 0 unspecified atom stereocenters. The Hall–Kier alpha value is -2.47. The maximum Gasteiger partial charge on any atom is 0.410 e. The number of pyridine rings is 1. The van der Waals surface area contributed by atoms with E-state index in [4.69, 9.17) is 9.47 Å². The van der Waals surface area contributed by atoms with Crippen LogP contribution in [0.1, 0.15) is 62.8 Å². The van der Waals surface area contributed by atoms with E-state index >= 15 is 0 Å². The predicted octanol–water partition coefficient (Wildman–Crippen LogP) is 4.19. The average Bonchev–Trinajstić information content (AvgIpc) is 3.80. The smallest absolute Gasteiger partial charge is 0.410 e. The van der Waals surface area contributed by atoms with E-state index in [1.807, 2.05) is 26.1 Å². The van der Waals surface area contributed by atoms with Gasteiger partial charge in [0.05, 0.1) is 23.4 Å². The third-order valence-corrected chi connectivity index (χ3v) is 7.77. The van der Waals surface area contributed by atoms with Gasteiger partial charge in [-0.05, 0) is 82.3 Å². The first-order chi connectivity index (χ1) is 17.3. The van der Waals surface area contributed by atoms with Gasteiger partial charge in [0.1, 0.15) is 23.7 Å². The van der Waals surface area contributed by atoms with Crippen LogP contribution in [0.15, 0.2) is 12.1 Å². The van der Waals surface area contributed by atoms with Crippen molar-refractivity contribution in [2.45, 2.75) is 77.0 Å². The highest BCUT2D eigenvalue weighted by atomic mass is 32.1. The Bertz CT molecular complexity index is 1130. The molecule has 0 aliphatic heterocycles. The van der Waals surface area contributed by atoms with Crippen LogP contribution in [0.25, 0.3) is 11.4 Å². The van der Waals surface area contributed by atoms with Crippen molar-refractivity contribution in [3.8, 4) is 17.1 Å². The van der Waals surface area contributed by atoms with Crippen molar-refractivity contribution in [2.75, 3.05) is 7.05 Å². The number of carboxylic acids is 1. The maximum atomic E-state index is 12.8. The fourth-order valence-corrected chi connectivity index (χ4v) is 5.44. The summed E-state index contributed by atoms with van der Waals surface area (Å²) in [5.41, 5.74) is 2.54. The van der Waals surface area contributed by atoms with Crippen molar-refractivity contribution >= 4 is 39.1 Å². The van der Waals surface area contributed by atoms with Gasteiger partial charge < -0.3 is 19.5 Å². The van der Waals surface area contributed by atoms with Gasteiger partial charge in [0, 0.05) is 20.1 Å². The van der Waals surface area contributed by atoms with Crippen LogP contribution in [0, 0.1) is 24.7 Å². The molecule has 2 heterocycles. The van der Waals surface area contributed by atoms with E-state index in [9.17, 15) is 14.7 Å². The molecule has 3 aliphatic rings. The zero-order valence-electron chi connectivity index (χ0n) is 22.2. The zero-order valence-corrected chi connectivity index (χ0v) is 24.2. The highest BCUT2D eigenvalue weighted by Gasteiger charge is 2.45. The molecule has 12 heteroatoms. The summed E-state index contributed by atoms with van der Waals surface area (Å²) in [6.45, 7) is 1.92. The fraction of sp³-hybridized carbons (Fsp3) is 0.654. The Morgan fingerprint density at radius 2 is 1.82 bits per heavy atom. The summed E-state index contributed by atoms with van der Waals surface area (Å²) < 4.78 is 13.4. The minimum absolute atomic E-state index is 0. The lowest BCUT2D eigenvalue weighted by atomic mass is 9.87. The molecule has 1 amide bonds. The van der Waals surface area contributed by atoms with Crippen LogP contribution < -0.4 is 4.74 Å². The second kappa shape index (κ2) is 12.6. The Kier molecular flexibility index (Phi) is 9.96. The van der Waals surface area contributed by atoms with Crippen LogP contribution >= 0.6 is 27.0 Å². The highest BCUT2D eigenvalue weighted by Crippen LogP contribution is 2.47. The molecule has 210 valence electrons. The quantitative estimate of drug-likeness (QED) is 0.481. The van der Waals surface area contributed by atoms with Crippen molar-refractivity contribution in [1.29, 1.82) is 0 Å². The Balaban J connectivity index is 0.00000200. The molecule has 3 aliphatic carbocycles. The zero-order chi connectivity index (χ0) is 25.4. The molecule has 3 saturated carbocycles. The van der Waals surface area contributed by atoms with Gasteiger partial charge in [0.2, 0.25) is 0 Å². The minimum atomic E-state index is -0.758. The first-order valence-corrected chi connectivity index (χ1v) is 13.0. The van der Waals surface area contributed by atoms with Gasteiger partial charge in [-0.2, -0.15) is 27.0 Å². The summed E-state index contributed by atoms with van der Waals surface area (Å²) in [6, 6.07) is 3.95. The highest BCUT2D eigenvalue weighted by molar-refractivity contribution is 7.59. The minimum Gasteiger partial charge on any atom is -0.489 e. The third-order valence-electron chi connectivity index (χ3n) is 7.77. The van der Waals surface area contributed by atoms with Crippen LogP contribution in [-0.4, -0.2) is 61.2 Å². The van der Waals surface area contributed by atoms with E-state index in [0.717, 1.165) is 12.8 Å². The lowest BCUT2D eigenvalue weighted by Crippen LogP contribution is -2.40. The van der Waals surface area contributed by atoms with E-state index in [2.05, 4.69) is 15.3 Å². The molecule has 0 radical (unpaired) electrons. The molecule has 3 fully saturated rings. The first-order valence-electron chi connectivity index (χ1n) is 13.0. The molecule has 0 spiro atoms. The summed E-state index contributed by atoms with van der Waals surface area (Å²) in [6.07, 6.45) is 7.21. The van der Waals surface area contributed by atoms with Gasteiger partial charge in [-0.1, -0.05) is 5.21 Å². The summed E-state index contributed by atoms with van der Waals surface area (Å²) >= 11 is 0. The molecule has 2 atom stereocenters. The number of amides is 1. The van der Waals surface area contributed by atoms with Crippen molar-refractivity contribution < 1.29 is 24.2 Å². The lowest BCUT2D eigenvalue weighted by molar-refractivity contribution is -0.143. The number of hydrogen-bond donors (Lipinski definition) is 1. The summed E-state index contributed by atoms with van der Waals surface area (Å²) in [5, 5.41) is 17.7. The Labute approximate surface area is 237 Å². The standard InChI is InChI=1S/C26H35N5O5.2H2S/c1-15-22(36-19-6-4-5-18(13-19)25(32)33)12-11-20(27-15)23-21(31(3)29-28-23)14-35-26(34)30(2)24(16-7-8-16)17-9-10-17;;/h11-12,16-19,24H,4-10,13-14H2,1-3H3,(H,32,33);2*1H2/t18-,19-;;/m0../s1. The summed E-state index contributed by atoms with van der Waals surface area (Å²) in [5.74, 6) is 0.746. The van der Waals surface area contributed by atoms with E-state index in [1.54, 1.807) is 16.6 Å². The number of ether oxygens (including phenoxy) is 2. The van der Waals surface area contributed by atoms with Crippen molar-refractivity contribution in [1.82, 2.24) is 24.9 Å². The van der Waals surface area contributed by atoms with Gasteiger partial charge in [-0.3, -0.25) is 4.79 Å². The second-order valence-corrected chi connectivity index (χ2v) is 10.6. The number of aryl methyl sites for hydroxylation is 2. The monoisotopic (exact) mass is 565 g/mol. The van der Waals surface area contributed by atoms with Gasteiger partial charge in [-0.15, -0.1) is 5.10 Å². The summed E-state index contributed by atoms with van der Waals surface area (Å²) in [4.78, 5) is 30.7. The van der Waals surface area contributed by atoms with Crippen LogP contribution in [0.5, 0.6) is 5.75 Å². The molecule has 2 aromatic rings. The van der Waals surface area contributed by atoms with Gasteiger partial charge >= 0.3 is 12.1 Å². The van der Waals surface area contributed by atoms with E-state index in [0.29, 0.717) is 53.2 Å². The molecule has 0 saturated heterocycles. The lowest BCUT2D eigenvalue weighted by Gasteiger charge is -2.27. The molecule has 38 heavy (non-hydrogen) atoms. The normalized spacial score (nSPS) is 20.7. The molecule has 0 bridgehead atoms. The largest absolute Gasteiger partial charge is 0.489 e. The molecule has 1 N–H and O–H groups in total. The first kappa shape index (κ1) is 30.1. The fourth-order valence-electron chi connectivity index (χ4n) is 5.44. The average molecular weight is 566 g/mol. The number of aromatic nitrogens is 4. The Morgan fingerprint density at radius 3 is 2.42 bits per heavy atom. The van der Waals surface area contributed by atoms with Gasteiger partial charge in [0.15, 0.2) is 0 Å². The van der Waals surface area contributed by atoms with E-state index in [1.165, 1.54) is 25.7 Å². The molecule has 10 nitrogen and oxygen atoms in total. The van der Waals surface area contributed by atoms with Crippen LogP contribution in [-0.2, 0) is 23.2 Å². The van der Waals surface area contributed by atoms with Crippen molar-refractivity contribution in [3.05, 3.63) is 23.5 Å². The van der Waals surface area contributed by atoms with E-state index in [-0.39, 0.29) is 57.8 Å². The third kappa shape index (κ3) is 6.74. The number of carbonyl (C=O) groups is 2. The second-order valence-electron chi connectivity index (χ2n) is 10.6. The van der Waals surface area contributed by atoms with Crippen molar-refractivity contribution in [2.24, 2.45) is 24.8 Å². The number of hydrogen-bond acceptors (Lipinski definition) is 7. The molecular weight excluding hydrogens is 526 g/mol. The SMILES string of the molecule is Cc1nc(-c2nnn(C)c2COC(=O)N(C)C(C2CC2)C2CC2)ccc1O[C@H]1CCC[C@H](C(=O)O)C1.S.S. The molecule has 2 aromatic heterocycles. The van der Waals surface area contributed by atoms with Gasteiger partial charge in [-0.25, -0.2) is 14.5 Å². The van der Waals surface area contributed by atoms with Crippen LogP contribution in [0.2, 0.25) is 0 Å². The van der Waals surface area contributed by atoms with Crippen molar-refractivity contribution in [3.63, 3.8) is 0 Å². The maximum absolute atomic E-state index is 12.8. The summed E-state index contributed by atoms with van der Waals surface area (Å²) in [7, 11) is 3.62. The van der Waals surface area contributed by atoms with Gasteiger partial charge in [0.25, 0.3) is 0 Å². The number of carbonyl (C=O) groups excluding carboxylic acids is 1. The predicted molar refractivity (Wildman–Crippen MR) is 151 cm³/mol. The molecule has 0 aromatic carbocycles. The topological polar surface area (TPSA) is 120 Å². The number of aliphatic carboxylic acids is 1. The number of nitrogens with zero attached hydrogens (tertiary/aromatic N) is 5. The molecular formula is C26H39N5O5S2. The van der Waals surface area contributed by atoms with E-state index < -0.39 is 5.97 Å². The van der Waals surface area contributed by atoms with Crippen LogP contribution in [0.4, 0.5) is 4.79 Å². The Morgan fingerprint density at radius 1 is 1.13 bits per heavy atom. The molecule has 5 rings (SSSR count). The van der Waals surface area contributed by atoms with Crippen LogP contribution in [0.3, 0.4) is 0 Å². The number of carboxylic acid groups (broad SMARTS) is 1. The number of rotatable bonds is 9.